The summed E-state index contributed by atoms with van der Waals surface area (Å²) in [4.78, 5) is 0. The molecule has 0 aromatic carbocycles. The van der Waals surface area contributed by atoms with Gasteiger partial charge >= 0.3 is 0 Å². The summed E-state index contributed by atoms with van der Waals surface area (Å²) in [5.74, 6) is 6.36. The van der Waals surface area contributed by atoms with E-state index >= 15 is 0 Å². The van der Waals surface area contributed by atoms with E-state index in [2.05, 4.69) is 13.8 Å². The predicted molar refractivity (Wildman–Crippen MR) is 52.9 cm³/mol. The van der Waals surface area contributed by atoms with Crippen molar-refractivity contribution in [2.45, 2.75) is 33.6 Å². The van der Waals surface area contributed by atoms with E-state index in [1.165, 1.54) is 0 Å². The number of nitrogens with two attached hydrogens (primary N) is 2. The summed E-state index contributed by atoms with van der Waals surface area (Å²) in [6.45, 7) is 7.25. The first-order chi connectivity index (χ1) is 5.56. The van der Waals surface area contributed by atoms with Gasteiger partial charge in [0.05, 0.1) is 0 Å². The van der Waals surface area contributed by atoms with Crippen molar-refractivity contribution in [2.24, 2.45) is 17.5 Å². The smallest absolute Gasteiger partial charge is 0.0342 e. The first-order valence-electron chi connectivity index (χ1n) is 4.53. The molecule has 0 spiro atoms. The summed E-state index contributed by atoms with van der Waals surface area (Å²) in [6.07, 6.45) is 3.77. The molecule has 0 aromatic rings. The number of hydrogen-bond donors (Lipinski definition) is 2. The van der Waals surface area contributed by atoms with Gasteiger partial charge in [0.2, 0.25) is 0 Å². The fraction of sp³-hybridized carbons (Fsp3) is 0.778. The number of allylic oxidation sites excluding steroid dienone is 1. The third kappa shape index (κ3) is 6.04. The number of hydrazine groups is 1. The van der Waals surface area contributed by atoms with E-state index in [1.807, 2.05) is 13.1 Å². The monoisotopic (exact) mass is 171 g/mol. The minimum Gasteiger partial charge on any atom is -0.401 e. The van der Waals surface area contributed by atoms with Crippen LogP contribution in [0.1, 0.15) is 33.6 Å². The van der Waals surface area contributed by atoms with Crippen LogP contribution in [0.5, 0.6) is 0 Å². The van der Waals surface area contributed by atoms with Crippen LogP contribution in [0.25, 0.3) is 0 Å². The van der Waals surface area contributed by atoms with E-state index in [0.29, 0.717) is 5.92 Å². The van der Waals surface area contributed by atoms with Crippen LogP contribution >= 0.6 is 0 Å². The van der Waals surface area contributed by atoms with E-state index in [4.69, 9.17) is 11.6 Å². The van der Waals surface area contributed by atoms with E-state index in [0.717, 1.165) is 25.1 Å². The van der Waals surface area contributed by atoms with Crippen LogP contribution in [0, 0.1) is 5.92 Å². The van der Waals surface area contributed by atoms with Crippen molar-refractivity contribution in [3.63, 3.8) is 0 Å². The molecule has 0 atom stereocenters. The minimum atomic E-state index is 0.687. The normalized spacial score (nSPS) is 12.2. The predicted octanol–water partition coefficient (Wildman–Crippen LogP) is 1.42. The molecular weight excluding hydrogens is 150 g/mol. The molecular formula is C9H21N3. The quantitative estimate of drug-likeness (QED) is 0.486. The van der Waals surface area contributed by atoms with Gasteiger partial charge in [-0.25, -0.2) is 5.84 Å². The number of nitrogens with zero attached hydrogens (tertiary/aromatic N) is 1. The Hall–Kier alpha value is -0.700. The Bertz CT molecular complexity index is 141. The summed E-state index contributed by atoms with van der Waals surface area (Å²) in [5.41, 5.74) is 6.45. The zero-order chi connectivity index (χ0) is 9.56. The molecule has 72 valence electrons. The Kier molecular flexibility index (Phi) is 5.54. The van der Waals surface area contributed by atoms with Crippen LogP contribution in [0.3, 0.4) is 0 Å². The maximum Gasteiger partial charge on any atom is 0.0342 e. The number of rotatable bonds is 5. The summed E-state index contributed by atoms with van der Waals surface area (Å²) in [5, 5.41) is 1.67. The van der Waals surface area contributed by atoms with E-state index < -0.39 is 0 Å². The van der Waals surface area contributed by atoms with Gasteiger partial charge in [0.1, 0.15) is 0 Å². The molecule has 0 fully saturated rings. The average molecular weight is 171 g/mol. The highest BCUT2D eigenvalue weighted by Crippen LogP contribution is 2.00. The molecule has 0 aliphatic heterocycles. The van der Waals surface area contributed by atoms with Crippen LogP contribution < -0.4 is 11.6 Å². The fourth-order valence-electron chi connectivity index (χ4n) is 0.776. The van der Waals surface area contributed by atoms with Crippen molar-refractivity contribution in [1.29, 1.82) is 0 Å². The van der Waals surface area contributed by atoms with Crippen molar-refractivity contribution < 1.29 is 0 Å². The van der Waals surface area contributed by atoms with E-state index in [9.17, 15) is 0 Å². The highest BCUT2D eigenvalue weighted by molar-refractivity contribution is 4.93. The lowest BCUT2D eigenvalue weighted by Crippen LogP contribution is -2.28. The van der Waals surface area contributed by atoms with E-state index in [1.54, 1.807) is 5.01 Å². The molecule has 0 amide bonds. The molecule has 0 rings (SSSR count). The van der Waals surface area contributed by atoms with Gasteiger partial charge in [-0.15, -0.1) is 0 Å². The maximum atomic E-state index is 5.68. The largest absolute Gasteiger partial charge is 0.401 e. The minimum absolute atomic E-state index is 0.687. The third-order valence-corrected chi connectivity index (χ3v) is 1.70. The van der Waals surface area contributed by atoms with Crippen LogP contribution in [-0.2, 0) is 0 Å². The maximum absolute atomic E-state index is 5.68. The van der Waals surface area contributed by atoms with Crippen LogP contribution in [-0.4, -0.2) is 11.6 Å². The van der Waals surface area contributed by atoms with Crippen LogP contribution in [0.2, 0.25) is 0 Å². The highest BCUT2D eigenvalue weighted by Gasteiger charge is 1.97. The lowest BCUT2D eigenvalue weighted by molar-refractivity contribution is 0.355. The highest BCUT2D eigenvalue weighted by atomic mass is 15.4. The number of hydrogen-bond acceptors (Lipinski definition) is 3. The lowest BCUT2D eigenvalue weighted by Gasteiger charge is -2.15. The van der Waals surface area contributed by atoms with Crippen molar-refractivity contribution >= 4 is 0 Å². The molecule has 0 bridgehead atoms. The topological polar surface area (TPSA) is 55.3 Å². The second-order valence-corrected chi connectivity index (χ2v) is 3.48. The summed E-state index contributed by atoms with van der Waals surface area (Å²) in [7, 11) is 0. The Morgan fingerprint density at radius 1 is 1.50 bits per heavy atom. The van der Waals surface area contributed by atoms with E-state index in [-0.39, 0.29) is 0 Å². The SMILES string of the molecule is CC/C(N)=C/N(N)CCC(C)C. The first kappa shape index (κ1) is 11.3. The molecule has 0 heterocycles. The molecule has 0 saturated heterocycles. The fourth-order valence-corrected chi connectivity index (χ4v) is 0.776. The molecule has 0 aromatic heterocycles. The Balaban J connectivity index is 3.65. The van der Waals surface area contributed by atoms with Gasteiger partial charge in [-0.1, -0.05) is 20.8 Å². The van der Waals surface area contributed by atoms with Gasteiger partial charge in [0.15, 0.2) is 0 Å². The molecule has 3 heteroatoms. The second-order valence-electron chi connectivity index (χ2n) is 3.48. The standard InChI is InChI=1S/C9H21N3/c1-4-9(10)7-12(11)6-5-8(2)3/h7-8H,4-6,10-11H2,1-3H3/b9-7-. The summed E-state index contributed by atoms with van der Waals surface area (Å²) >= 11 is 0. The van der Waals surface area contributed by atoms with Gasteiger partial charge in [-0.3, -0.25) is 0 Å². The zero-order valence-corrected chi connectivity index (χ0v) is 8.38. The Morgan fingerprint density at radius 3 is 2.50 bits per heavy atom. The van der Waals surface area contributed by atoms with Gasteiger partial charge in [-0.2, -0.15) is 0 Å². The Morgan fingerprint density at radius 2 is 2.08 bits per heavy atom. The van der Waals surface area contributed by atoms with Gasteiger partial charge in [0, 0.05) is 18.4 Å². The van der Waals surface area contributed by atoms with Crippen molar-refractivity contribution in [2.75, 3.05) is 6.54 Å². The second kappa shape index (κ2) is 5.89. The zero-order valence-electron chi connectivity index (χ0n) is 8.38. The summed E-state index contributed by atoms with van der Waals surface area (Å²) in [6, 6.07) is 0. The molecule has 0 aliphatic carbocycles. The van der Waals surface area contributed by atoms with Gasteiger partial charge < -0.3 is 10.7 Å². The van der Waals surface area contributed by atoms with Crippen molar-refractivity contribution in [3.8, 4) is 0 Å². The molecule has 0 aliphatic rings. The van der Waals surface area contributed by atoms with Crippen LogP contribution in [0.15, 0.2) is 11.9 Å². The molecule has 4 N–H and O–H groups in total. The van der Waals surface area contributed by atoms with Crippen molar-refractivity contribution in [1.82, 2.24) is 5.01 Å². The van der Waals surface area contributed by atoms with Crippen LogP contribution in [0.4, 0.5) is 0 Å². The first-order valence-corrected chi connectivity index (χ1v) is 4.53. The molecule has 0 radical (unpaired) electrons. The molecule has 12 heavy (non-hydrogen) atoms. The molecule has 0 saturated carbocycles. The third-order valence-electron chi connectivity index (χ3n) is 1.70. The average Bonchev–Trinajstić information content (AvgIpc) is 2.00. The van der Waals surface area contributed by atoms with Gasteiger partial charge in [-0.05, 0) is 18.8 Å². The lowest BCUT2D eigenvalue weighted by atomic mass is 10.1. The van der Waals surface area contributed by atoms with Crippen molar-refractivity contribution in [3.05, 3.63) is 11.9 Å². The molecule has 3 nitrogen and oxygen atoms in total. The Labute approximate surface area is 75.4 Å². The molecule has 0 unspecified atom stereocenters. The summed E-state index contributed by atoms with van der Waals surface area (Å²) < 4.78 is 0. The van der Waals surface area contributed by atoms with Gasteiger partial charge in [0.25, 0.3) is 0 Å².